The minimum Gasteiger partial charge on any atom is -0.350 e. The molecule has 0 aromatic carbocycles. The Balaban J connectivity index is 2.35. The van der Waals surface area contributed by atoms with Gasteiger partial charge in [-0.2, -0.15) is 0 Å². The standard InChI is InChI=1S/C8H14O2S/c1-6(7(2)11)5-8-9-3-4-10-8/h8,11H,3-5H2,1-2H3/b7-6-. The zero-order valence-corrected chi connectivity index (χ0v) is 7.86. The highest BCUT2D eigenvalue weighted by atomic mass is 32.1. The molecule has 3 heteroatoms. The van der Waals surface area contributed by atoms with Crippen LogP contribution in [0.4, 0.5) is 0 Å². The quantitative estimate of drug-likeness (QED) is 0.645. The van der Waals surface area contributed by atoms with Crippen molar-refractivity contribution in [3.05, 3.63) is 10.5 Å². The Bertz CT molecular complexity index is 155. The molecule has 0 atom stereocenters. The maximum absolute atomic E-state index is 5.28. The van der Waals surface area contributed by atoms with Crippen LogP contribution >= 0.6 is 12.6 Å². The Kier molecular flexibility index (Phi) is 3.43. The third-order valence-corrected chi connectivity index (χ3v) is 2.16. The number of thiol groups is 1. The first-order chi connectivity index (χ1) is 5.20. The lowest BCUT2D eigenvalue weighted by atomic mass is 10.2. The Morgan fingerprint density at radius 1 is 1.36 bits per heavy atom. The van der Waals surface area contributed by atoms with E-state index >= 15 is 0 Å². The van der Waals surface area contributed by atoms with Crippen molar-refractivity contribution in [2.45, 2.75) is 26.6 Å². The van der Waals surface area contributed by atoms with E-state index in [-0.39, 0.29) is 6.29 Å². The molecule has 1 aliphatic heterocycles. The van der Waals surface area contributed by atoms with E-state index in [4.69, 9.17) is 9.47 Å². The summed E-state index contributed by atoms with van der Waals surface area (Å²) < 4.78 is 10.6. The highest BCUT2D eigenvalue weighted by Crippen LogP contribution is 2.17. The van der Waals surface area contributed by atoms with Crippen LogP contribution in [0.5, 0.6) is 0 Å². The van der Waals surface area contributed by atoms with Crippen LogP contribution in [-0.2, 0) is 9.47 Å². The van der Waals surface area contributed by atoms with Crippen molar-refractivity contribution in [3.63, 3.8) is 0 Å². The number of rotatable bonds is 2. The van der Waals surface area contributed by atoms with Crippen LogP contribution in [0.15, 0.2) is 10.5 Å². The van der Waals surface area contributed by atoms with Crippen LogP contribution in [0.25, 0.3) is 0 Å². The number of ether oxygens (including phenoxy) is 2. The van der Waals surface area contributed by atoms with E-state index in [0.717, 1.165) is 24.5 Å². The fourth-order valence-electron chi connectivity index (χ4n) is 0.923. The van der Waals surface area contributed by atoms with Crippen molar-refractivity contribution < 1.29 is 9.47 Å². The monoisotopic (exact) mass is 174 g/mol. The summed E-state index contributed by atoms with van der Waals surface area (Å²) >= 11 is 4.23. The lowest BCUT2D eigenvalue weighted by Crippen LogP contribution is -2.07. The maximum atomic E-state index is 5.28. The van der Waals surface area contributed by atoms with Gasteiger partial charge in [0.1, 0.15) is 0 Å². The molecule has 0 unspecified atom stereocenters. The summed E-state index contributed by atoms with van der Waals surface area (Å²) in [5, 5.41) is 0. The van der Waals surface area contributed by atoms with Crippen molar-refractivity contribution in [1.82, 2.24) is 0 Å². The normalized spacial score (nSPS) is 22.1. The predicted octanol–water partition coefficient (Wildman–Crippen LogP) is 1.97. The highest BCUT2D eigenvalue weighted by molar-refractivity contribution is 7.84. The second-order valence-corrected chi connectivity index (χ2v) is 3.41. The van der Waals surface area contributed by atoms with E-state index in [0.29, 0.717) is 0 Å². The van der Waals surface area contributed by atoms with Crippen LogP contribution in [0.1, 0.15) is 20.3 Å². The third kappa shape index (κ3) is 2.85. The topological polar surface area (TPSA) is 18.5 Å². The Morgan fingerprint density at radius 2 is 1.91 bits per heavy atom. The van der Waals surface area contributed by atoms with E-state index in [1.54, 1.807) is 0 Å². The SMILES string of the molecule is C/C(S)=C(\C)CC1OCCO1. The molecule has 0 aromatic rings. The molecule has 1 aliphatic rings. The van der Waals surface area contributed by atoms with Crippen molar-refractivity contribution in [2.24, 2.45) is 0 Å². The summed E-state index contributed by atoms with van der Waals surface area (Å²) in [6.45, 7) is 5.48. The van der Waals surface area contributed by atoms with Gasteiger partial charge in [0.15, 0.2) is 6.29 Å². The third-order valence-electron chi connectivity index (χ3n) is 1.78. The van der Waals surface area contributed by atoms with Gasteiger partial charge >= 0.3 is 0 Å². The van der Waals surface area contributed by atoms with Crippen LogP contribution in [0.3, 0.4) is 0 Å². The van der Waals surface area contributed by atoms with Crippen LogP contribution < -0.4 is 0 Å². The molecule has 11 heavy (non-hydrogen) atoms. The smallest absolute Gasteiger partial charge is 0.161 e. The van der Waals surface area contributed by atoms with Crippen molar-refractivity contribution >= 4 is 12.6 Å². The van der Waals surface area contributed by atoms with E-state index < -0.39 is 0 Å². The average molecular weight is 174 g/mol. The van der Waals surface area contributed by atoms with Gasteiger partial charge < -0.3 is 9.47 Å². The van der Waals surface area contributed by atoms with Crippen LogP contribution in [-0.4, -0.2) is 19.5 Å². The lowest BCUT2D eigenvalue weighted by Gasteiger charge is -2.09. The summed E-state index contributed by atoms with van der Waals surface area (Å²) in [6, 6.07) is 0. The molecule has 1 fully saturated rings. The molecule has 0 saturated carbocycles. The number of allylic oxidation sites excluding steroid dienone is 1. The molecule has 0 spiro atoms. The number of hydrogen-bond donors (Lipinski definition) is 1. The van der Waals surface area contributed by atoms with Crippen molar-refractivity contribution in [2.75, 3.05) is 13.2 Å². The minimum atomic E-state index is -0.0305. The van der Waals surface area contributed by atoms with E-state index in [1.165, 1.54) is 5.57 Å². The van der Waals surface area contributed by atoms with Gasteiger partial charge in [-0.15, -0.1) is 12.6 Å². The number of hydrogen-bond acceptors (Lipinski definition) is 3. The van der Waals surface area contributed by atoms with E-state index in [2.05, 4.69) is 12.6 Å². The maximum Gasteiger partial charge on any atom is 0.161 e. The molecule has 1 heterocycles. The molecule has 0 N–H and O–H groups in total. The summed E-state index contributed by atoms with van der Waals surface area (Å²) in [4.78, 5) is 1.06. The zero-order chi connectivity index (χ0) is 8.27. The van der Waals surface area contributed by atoms with Crippen molar-refractivity contribution in [1.29, 1.82) is 0 Å². The zero-order valence-electron chi connectivity index (χ0n) is 6.96. The molecule has 1 saturated heterocycles. The Hall–Kier alpha value is 0.01000. The molecule has 0 bridgehead atoms. The van der Waals surface area contributed by atoms with Gasteiger partial charge in [-0.05, 0) is 18.8 Å². The van der Waals surface area contributed by atoms with Gasteiger partial charge in [0.25, 0.3) is 0 Å². The van der Waals surface area contributed by atoms with Gasteiger partial charge in [0, 0.05) is 6.42 Å². The molecule has 0 amide bonds. The summed E-state index contributed by atoms with van der Waals surface area (Å²) in [5.74, 6) is 0. The molecular weight excluding hydrogens is 160 g/mol. The molecule has 1 rings (SSSR count). The van der Waals surface area contributed by atoms with Crippen LogP contribution in [0, 0.1) is 0 Å². The van der Waals surface area contributed by atoms with E-state index in [9.17, 15) is 0 Å². The van der Waals surface area contributed by atoms with Crippen molar-refractivity contribution in [3.8, 4) is 0 Å². The first kappa shape index (κ1) is 9.10. The molecule has 0 aliphatic carbocycles. The van der Waals surface area contributed by atoms with Gasteiger partial charge in [-0.3, -0.25) is 0 Å². The Morgan fingerprint density at radius 3 is 2.36 bits per heavy atom. The van der Waals surface area contributed by atoms with Gasteiger partial charge in [-0.1, -0.05) is 5.57 Å². The Labute approximate surface area is 73.0 Å². The average Bonchev–Trinajstić information content (AvgIpc) is 2.39. The van der Waals surface area contributed by atoms with Crippen LogP contribution in [0.2, 0.25) is 0 Å². The summed E-state index contributed by atoms with van der Waals surface area (Å²) in [7, 11) is 0. The fourth-order valence-corrected chi connectivity index (χ4v) is 1.01. The summed E-state index contributed by atoms with van der Waals surface area (Å²) in [6.07, 6.45) is 0.812. The first-order valence-electron chi connectivity index (χ1n) is 3.78. The second kappa shape index (κ2) is 4.14. The summed E-state index contributed by atoms with van der Waals surface area (Å²) in [5.41, 5.74) is 1.24. The van der Waals surface area contributed by atoms with Gasteiger partial charge in [-0.25, -0.2) is 0 Å². The fraction of sp³-hybridized carbons (Fsp3) is 0.750. The molecule has 0 radical (unpaired) electrons. The highest BCUT2D eigenvalue weighted by Gasteiger charge is 2.16. The molecular formula is C8H14O2S. The second-order valence-electron chi connectivity index (χ2n) is 2.74. The minimum absolute atomic E-state index is 0.0305. The molecule has 2 nitrogen and oxygen atoms in total. The van der Waals surface area contributed by atoms with Gasteiger partial charge in [0.05, 0.1) is 13.2 Å². The molecule has 0 aromatic heterocycles. The molecule has 64 valence electrons. The lowest BCUT2D eigenvalue weighted by molar-refractivity contribution is -0.0399. The van der Waals surface area contributed by atoms with Gasteiger partial charge in [0.2, 0.25) is 0 Å². The van der Waals surface area contributed by atoms with E-state index in [1.807, 2.05) is 13.8 Å². The largest absolute Gasteiger partial charge is 0.350 e. The predicted molar refractivity (Wildman–Crippen MR) is 47.7 cm³/mol. The first-order valence-corrected chi connectivity index (χ1v) is 4.23.